The third-order valence-electron chi connectivity index (χ3n) is 3.10. The fourth-order valence-electron chi connectivity index (χ4n) is 1.94. The quantitative estimate of drug-likeness (QED) is 0.305. The average Bonchev–Trinajstić information content (AvgIpc) is 2.54. The molecular formula is C18H22N2S. The Hall–Kier alpha value is -1.74. The Balaban J connectivity index is 1.92. The van der Waals surface area contributed by atoms with E-state index < -0.39 is 0 Å². The van der Waals surface area contributed by atoms with Crippen LogP contribution in [-0.4, -0.2) is 12.0 Å². The van der Waals surface area contributed by atoms with Crippen molar-refractivity contribution in [1.29, 1.82) is 0 Å². The minimum absolute atomic E-state index is 1.00. The highest BCUT2D eigenvalue weighted by Crippen LogP contribution is 2.22. The molecular weight excluding hydrogens is 276 g/mol. The molecule has 2 rings (SSSR count). The van der Waals surface area contributed by atoms with Gasteiger partial charge in [-0.2, -0.15) is 5.10 Å². The zero-order valence-corrected chi connectivity index (χ0v) is 13.3. The van der Waals surface area contributed by atoms with Gasteiger partial charge in [-0.25, -0.2) is 0 Å². The predicted octanol–water partition coefficient (Wildman–Crippen LogP) is 5.41. The first-order valence-corrected chi connectivity index (χ1v) is 8.44. The molecule has 0 atom stereocenters. The lowest BCUT2D eigenvalue weighted by molar-refractivity contribution is 0.778. The minimum Gasteiger partial charge on any atom is -0.279 e. The molecule has 0 radical (unpaired) electrons. The molecule has 0 heterocycles. The lowest BCUT2D eigenvalue weighted by atomic mass is 10.2. The van der Waals surface area contributed by atoms with E-state index in [1.54, 1.807) is 0 Å². The number of para-hydroxylation sites is 1. The smallest absolute Gasteiger partial charge is 0.0561 e. The Bertz CT molecular complexity index is 552. The number of hydrogen-bond acceptors (Lipinski definition) is 3. The van der Waals surface area contributed by atoms with Crippen molar-refractivity contribution in [2.45, 2.75) is 31.1 Å². The van der Waals surface area contributed by atoms with Crippen LogP contribution in [0.25, 0.3) is 0 Å². The molecule has 0 aliphatic rings. The summed E-state index contributed by atoms with van der Waals surface area (Å²) < 4.78 is 0. The largest absolute Gasteiger partial charge is 0.279 e. The number of rotatable bonds is 8. The number of thioether (sulfide) groups is 1. The summed E-state index contributed by atoms with van der Waals surface area (Å²) in [6, 6.07) is 18.4. The molecule has 1 N–H and O–H groups in total. The minimum atomic E-state index is 1.00. The molecule has 110 valence electrons. The lowest BCUT2D eigenvalue weighted by Gasteiger charge is -2.05. The second kappa shape index (κ2) is 9.24. The van der Waals surface area contributed by atoms with Crippen LogP contribution in [-0.2, 0) is 0 Å². The molecule has 0 aliphatic heterocycles. The van der Waals surface area contributed by atoms with Crippen LogP contribution in [0.1, 0.15) is 31.7 Å². The molecule has 0 aromatic heterocycles. The molecule has 2 nitrogen and oxygen atoms in total. The second-order valence-corrected chi connectivity index (χ2v) is 5.97. The molecule has 2 aromatic rings. The van der Waals surface area contributed by atoms with Crippen molar-refractivity contribution >= 4 is 23.7 Å². The number of nitrogens with zero attached hydrogens (tertiary/aromatic N) is 1. The summed E-state index contributed by atoms with van der Waals surface area (Å²) in [6.45, 7) is 2.24. The standard InChI is InChI=1S/C18H22N2S/c1-2-3-9-14-21-18-13-8-7-10-16(18)15-19-20-17-11-5-4-6-12-17/h4-8,10-13,15,20H,2-3,9,14H2,1H3. The van der Waals surface area contributed by atoms with E-state index in [4.69, 9.17) is 0 Å². The maximum Gasteiger partial charge on any atom is 0.0561 e. The number of hydrogen-bond donors (Lipinski definition) is 1. The molecule has 0 spiro atoms. The van der Waals surface area contributed by atoms with E-state index in [0.717, 1.165) is 5.69 Å². The van der Waals surface area contributed by atoms with Crippen molar-refractivity contribution in [2.75, 3.05) is 11.2 Å². The summed E-state index contributed by atoms with van der Waals surface area (Å²) in [7, 11) is 0. The number of nitrogens with one attached hydrogen (secondary N) is 1. The van der Waals surface area contributed by atoms with Crippen molar-refractivity contribution in [3.8, 4) is 0 Å². The first-order valence-electron chi connectivity index (χ1n) is 7.46. The summed E-state index contributed by atoms with van der Waals surface area (Å²) in [5, 5.41) is 4.33. The van der Waals surface area contributed by atoms with Gasteiger partial charge in [0.2, 0.25) is 0 Å². The second-order valence-electron chi connectivity index (χ2n) is 4.83. The Morgan fingerprint density at radius 3 is 2.57 bits per heavy atom. The van der Waals surface area contributed by atoms with Crippen molar-refractivity contribution in [2.24, 2.45) is 5.10 Å². The number of hydrazone groups is 1. The zero-order chi connectivity index (χ0) is 14.8. The summed E-state index contributed by atoms with van der Waals surface area (Å²) >= 11 is 1.91. The molecule has 0 amide bonds. The van der Waals surface area contributed by atoms with E-state index in [1.165, 1.54) is 35.5 Å². The van der Waals surface area contributed by atoms with Crippen molar-refractivity contribution in [3.63, 3.8) is 0 Å². The van der Waals surface area contributed by atoms with E-state index in [9.17, 15) is 0 Å². The van der Waals surface area contributed by atoms with Gasteiger partial charge in [-0.3, -0.25) is 5.43 Å². The van der Waals surface area contributed by atoms with E-state index in [1.807, 2.05) is 48.3 Å². The average molecular weight is 298 g/mol. The van der Waals surface area contributed by atoms with Crippen LogP contribution < -0.4 is 5.43 Å². The number of unbranched alkanes of at least 4 members (excludes halogenated alkanes) is 2. The van der Waals surface area contributed by atoms with Gasteiger partial charge in [0.1, 0.15) is 0 Å². The van der Waals surface area contributed by atoms with Gasteiger partial charge >= 0.3 is 0 Å². The van der Waals surface area contributed by atoms with Crippen LogP contribution in [0, 0.1) is 0 Å². The topological polar surface area (TPSA) is 24.4 Å². The lowest BCUT2D eigenvalue weighted by Crippen LogP contribution is -1.92. The molecule has 0 bridgehead atoms. The van der Waals surface area contributed by atoms with Crippen molar-refractivity contribution in [3.05, 3.63) is 60.2 Å². The Morgan fingerprint density at radius 1 is 1.00 bits per heavy atom. The monoisotopic (exact) mass is 298 g/mol. The van der Waals surface area contributed by atoms with Gasteiger partial charge in [0, 0.05) is 10.5 Å². The Kier molecular flexibility index (Phi) is 6.89. The molecule has 0 aliphatic carbocycles. The molecule has 0 unspecified atom stereocenters. The maximum absolute atomic E-state index is 4.33. The maximum atomic E-state index is 4.33. The van der Waals surface area contributed by atoms with Gasteiger partial charge in [0.25, 0.3) is 0 Å². The van der Waals surface area contributed by atoms with Crippen molar-refractivity contribution < 1.29 is 0 Å². The Morgan fingerprint density at radius 2 is 1.76 bits per heavy atom. The third-order valence-corrected chi connectivity index (χ3v) is 4.27. The van der Waals surface area contributed by atoms with E-state index in [2.05, 4.69) is 41.7 Å². The predicted molar refractivity (Wildman–Crippen MR) is 94.3 cm³/mol. The summed E-state index contributed by atoms with van der Waals surface area (Å²) in [6.07, 6.45) is 5.74. The highest BCUT2D eigenvalue weighted by atomic mass is 32.2. The first-order chi connectivity index (χ1) is 10.4. The molecule has 21 heavy (non-hydrogen) atoms. The fourth-order valence-corrected chi connectivity index (χ4v) is 2.97. The molecule has 3 heteroatoms. The van der Waals surface area contributed by atoms with Gasteiger partial charge in [-0.05, 0) is 30.4 Å². The van der Waals surface area contributed by atoms with Crippen molar-refractivity contribution in [1.82, 2.24) is 0 Å². The van der Waals surface area contributed by atoms with E-state index in [-0.39, 0.29) is 0 Å². The van der Waals surface area contributed by atoms with Gasteiger partial charge in [0.05, 0.1) is 11.9 Å². The zero-order valence-electron chi connectivity index (χ0n) is 12.5. The summed E-state index contributed by atoms with van der Waals surface area (Å²) in [4.78, 5) is 1.30. The van der Waals surface area contributed by atoms with E-state index in [0.29, 0.717) is 0 Å². The van der Waals surface area contributed by atoms with Crippen LogP contribution in [0.2, 0.25) is 0 Å². The first kappa shape index (κ1) is 15.6. The normalized spacial score (nSPS) is 10.9. The molecule has 2 aromatic carbocycles. The molecule has 0 saturated heterocycles. The van der Waals surface area contributed by atoms with Gasteiger partial charge < -0.3 is 0 Å². The SMILES string of the molecule is CCCCCSc1ccccc1C=NNc1ccccc1. The molecule has 0 fully saturated rings. The van der Waals surface area contributed by atoms with Crippen LogP contribution in [0.4, 0.5) is 5.69 Å². The van der Waals surface area contributed by atoms with Crippen LogP contribution in [0.5, 0.6) is 0 Å². The Labute approximate surface area is 131 Å². The number of anilines is 1. The molecule has 0 saturated carbocycles. The summed E-state index contributed by atoms with van der Waals surface area (Å²) in [5.74, 6) is 1.17. The van der Waals surface area contributed by atoms with Crippen LogP contribution in [0.3, 0.4) is 0 Å². The highest BCUT2D eigenvalue weighted by molar-refractivity contribution is 7.99. The van der Waals surface area contributed by atoms with Gasteiger partial charge in [-0.15, -0.1) is 11.8 Å². The van der Waals surface area contributed by atoms with Crippen LogP contribution >= 0.6 is 11.8 Å². The third kappa shape index (κ3) is 5.64. The fraction of sp³-hybridized carbons (Fsp3) is 0.278. The van der Waals surface area contributed by atoms with Crippen LogP contribution in [0.15, 0.2) is 64.6 Å². The van der Waals surface area contributed by atoms with Gasteiger partial charge in [0.15, 0.2) is 0 Å². The van der Waals surface area contributed by atoms with Gasteiger partial charge in [-0.1, -0.05) is 56.2 Å². The highest BCUT2D eigenvalue weighted by Gasteiger charge is 1.99. The number of benzene rings is 2. The van der Waals surface area contributed by atoms with E-state index >= 15 is 0 Å². The summed E-state index contributed by atoms with van der Waals surface area (Å²) in [5.41, 5.74) is 5.23.